The van der Waals surface area contributed by atoms with Crippen molar-refractivity contribution in [3.05, 3.63) is 34.7 Å². The molecule has 1 aliphatic heterocycles. The van der Waals surface area contributed by atoms with Gasteiger partial charge in [-0.3, -0.25) is 4.79 Å². The summed E-state index contributed by atoms with van der Waals surface area (Å²) in [5.41, 5.74) is 4.40. The van der Waals surface area contributed by atoms with Crippen LogP contribution in [0.1, 0.15) is 36.1 Å². The molecule has 0 saturated carbocycles. The fourth-order valence-corrected chi connectivity index (χ4v) is 5.25. The number of aryl methyl sites for hydroxylation is 1. The predicted molar refractivity (Wildman–Crippen MR) is 104 cm³/mol. The molecule has 26 heavy (non-hydrogen) atoms. The maximum atomic E-state index is 12.6. The molecule has 1 atom stereocenters. The molecule has 1 aromatic carbocycles. The molecule has 134 valence electrons. The number of rotatable bonds is 3. The number of thiophene rings is 1. The number of anilines is 1. The Kier molecular flexibility index (Phi) is 4.02. The Hall–Kier alpha value is -2.18. The third kappa shape index (κ3) is 2.73. The van der Waals surface area contributed by atoms with E-state index >= 15 is 0 Å². The lowest BCUT2D eigenvalue weighted by Crippen LogP contribution is -2.26. The summed E-state index contributed by atoms with van der Waals surface area (Å²) in [4.78, 5) is 22.2. The number of hydrogen-bond acceptors (Lipinski definition) is 4. The van der Waals surface area contributed by atoms with Crippen LogP contribution in [0.25, 0.3) is 22.4 Å². The zero-order valence-electron chi connectivity index (χ0n) is 14.5. The summed E-state index contributed by atoms with van der Waals surface area (Å²) in [6, 6.07) is 8.05. The number of benzene rings is 1. The number of carbonyl (C=O) groups excluding carboxylic acids is 1. The number of aromatic nitrogens is 2. The largest absolute Gasteiger partial charge is 0.368 e. The van der Waals surface area contributed by atoms with Crippen molar-refractivity contribution < 1.29 is 9.53 Å². The minimum absolute atomic E-state index is 0.0292. The number of imidazole rings is 1. The molecule has 0 unspecified atom stereocenters. The molecular weight excluding hydrogens is 346 g/mol. The highest BCUT2D eigenvalue weighted by molar-refractivity contribution is 7.17. The van der Waals surface area contributed by atoms with Gasteiger partial charge in [0.05, 0.1) is 16.6 Å². The number of carbonyl (C=O) groups is 1. The van der Waals surface area contributed by atoms with Gasteiger partial charge < -0.3 is 15.0 Å². The number of ether oxygens (including phenoxy) is 1. The van der Waals surface area contributed by atoms with Gasteiger partial charge in [-0.05, 0) is 56.2 Å². The third-order valence-corrected chi connectivity index (χ3v) is 6.46. The van der Waals surface area contributed by atoms with Crippen molar-refractivity contribution >= 4 is 33.3 Å². The van der Waals surface area contributed by atoms with Crippen LogP contribution in [-0.4, -0.2) is 28.6 Å². The number of nitrogens with zero attached hydrogens (tertiary/aromatic N) is 1. The molecule has 3 aromatic rings. The maximum absolute atomic E-state index is 12.6. The van der Waals surface area contributed by atoms with E-state index in [4.69, 9.17) is 9.72 Å². The molecule has 3 heterocycles. The highest BCUT2D eigenvalue weighted by Crippen LogP contribution is 2.43. The van der Waals surface area contributed by atoms with Crippen molar-refractivity contribution in [2.24, 2.45) is 0 Å². The molecule has 0 spiro atoms. The van der Waals surface area contributed by atoms with Gasteiger partial charge in [0.2, 0.25) is 0 Å². The van der Waals surface area contributed by atoms with Crippen molar-refractivity contribution in [2.75, 3.05) is 11.9 Å². The number of para-hydroxylation sites is 2. The second kappa shape index (κ2) is 6.52. The molecule has 1 fully saturated rings. The van der Waals surface area contributed by atoms with E-state index in [1.807, 2.05) is 24.3 Å². The first-order chi connectivity index (χ1) is 12.8. The van der Waals surface area contributed by atoms with Gasteiger partial charge >= 0.3 is 0 Å². The fraction of sp³-hybridized carbons (Fsp3) is 0.400. The first-order valence-electron chi connectivity index (χ1n) is 9.32. The van der Waals surface area contributed by atoms with E-state index in [2.05, 4.69) is 10.3 Å². The molecule has 1 saturated heterocycles. The second-order valence-electron chi connectivity index (χ2n) is 7.01. The van der Waals surface area contributed by atoms with Gasteiger partial charge in [0.25, 0.3) is 5.91 Å². The van der Waals surface area contributed by atoms with E-state index in [9.17, 15) is 4.79 Å². The third-order valence-electron chi connectivity index (χ3n) is 5.26. The van der Waals surface area contributed by atoms with Gasteiger partial charge in [-0.1, -0.05) is 12.1 Å². The van der Waals surface area contributed by atoms with E-state index < -0.39 is 0 Å². The van der Waals surface area contributed by atoms with Crippen molar-refractivity contribution in [3.8, 4) is 11.4 Å². The van der Waals surface area contributed by atoms with Crippen LogP contribution in [0.15, 0.2) is 24.3 Å². The summed E-state index contributed by atoms with van der Waals surface area (Å²) in [5.74, 6) is 0.826. The quantitative estimate of drug-likeness (QED) is 0.726. The standard InChI is InChI=1S/C20H21N3O2S/c24-19(15-9-5-11-25-15)23-20-17(12-6-1-4-10-16(12)26-20)18-21-13-7-2-3-8-14(13)22-18/h2-3,7-8,15H,1,4-6,9-11H2,(H,21,22)(H,23,24)/t15-/m1/s1. The monoisotopic (exact) mass is 367 g/mol. The molecular formula is C20H21N3O2S. The normalized spacial score (nSPS) is 19.6. The molecule has 1 aliphatic carbocycles. The van der Waals surface area contributed by atoms with Gasteiger partial charge in [0.1, 0.15) is 16.9 Å². The van der Waals surface area contributed by atoms with Crippen LogP contribution in [0.5, 0.6) is 0 Å². The molecule has 0 bridgehead atoms. The Morgan fingerprint density at radius 1 is 1.23 bits per heavy atom. The van der Waals surface area contributed by atoms with Gasteiger partial charge in [-0.15, -0.1) is 11.3 Å². The molecule has 5 rings (SSSR count). The smallest absolute Gasteiger partial charge is 0.254 e. The zero-order valence-corrected chi connectivity index (χ0v) is 15.3. The number of nitrogens with one attached hydrogen (secondary N) is 2. The van der Waals surface area contributed by atoms with Crippen LogP contribution in [-0.2, 0) is 22.4 Å². The Morgan fingerprint density at radius 2 is 2.12 bits per heavy atom. The van der Waals surface area contributed by atoms with Gasteiger partial charge in [0, 0.05) is 11.5 Å². The summed E-state index contributed by atoms with van der Waals surface area (Å²) in [6.45, 7) is 0.676. The fourth-order valence-electron chi connectivity index (χ4n) is 3.95. The number of H-pyrrole nitrogens is 1. The highest BCUT2D eigenvalue weighted by atomic mass is 32.1. The van der Waals surface area contributed by atoms with E-state index in [1.54, 1.807) is 11.3 Å². The second-order valence-corrected chi connectivity index (χ2v) is 8.11. The Bertz CT molecular complexity index is 936. The maximum Gasteiger partial charge on any atom is 0.254 e. The average molecular weight is 367 g/mol. The van der Waals surface area contributed by atoms with E-state index in [0.717, 1.165) is 53.1 Å². The summed E-state index contributed by atoms with van der Waals surface area (Å²) in [5, 5.41) is 4.06. The molecule has 2 aromatic heterocycles. The highest BCUT2D eigenvalue weighted by Gasteiger charge is 2.28. The SMILES string of the molecule is O=C(Nc1sc2c(c1-c1nc3ccccc3[nH]1)CCCC2)[C@H]1CCCO1. The van der Waals surface area contributed by atoms with Crippen LogP contribution in [0.2, 0.25) is 0 Å². The van der Waals surface area contributed by atoms with E-state index in [1.165, 1.54) is 23.3 Å². The van der Waals surface area contributed by atoms with Gasteiger partial charge in [-0.25, -0.2) is 4.98 Å². The molecule has 0 radical (unpaired) electrons. The van der Waals surface area contributed by atoms with Crippen LogP contribution >= 0.6 is 11.3 Å². The van der Waals surface area contributed by atoms with Crippen LogP contribution in [0, 0.1) is 0 Å². The van der Waals surface area contributed by atoms with Crippen LogP contribution in [0.3, 0.4) is 0 Å². The molecule has 6 heteroatoms. The molecule has 5 nitrogen and oxygen atoms in total. The average Bonchev–Trinajstić information content (AvgIpc) is 3.38. The minimum atomic E-state index is -0.322. The van der Waals surface area contributed by atoms with Crippen molar-refractivity contribution in [1.29, 1.82) is 0 Å². The Balaban J connectivity index is 1.58. The van der Waals surface area contributed by atoms with Crippen LogP contribution < -0.4 is 5.32 Å². The Morgan fingerprint density at radius 3 is 2.96 bits per heavy atom. The zero-order chi connectivity index (χ0) is 17.5. The Labute approximate surface area is 155 Å². The summed E-state index contributed by atoms with van der Waals surface area (Å²) in [7, 11) is 0. The first-order valence-corrected chi connectivity index (χ1v) is 10.1. The topological polar surface area (TPSA) is 67.0 Å². The number of hydrogen-bond donors (Lipinski definition) is 2. The lowest BCUT2D eigenvalue weighted by Gasteiger charge is -2.12. The van der Waals surface area contributed by atoms with E-state index in [0.29, 0.717) is 6.61 Å². The number of aromatic amines is 1. The van der Waals surface area contributed by atoms with Gasteiger partial charge in [0.15, 0.2) is 0 Å². The summed E-state index contributed by atoms with van der Waals surface area (Å²) in [6.07, 6.45) is 5.98. The van der Waals surface area contributed by atoms with Gasteiger partial charge in [-0.2, -0.15) is 0 Å². The van der Waals surface area contributed by atoms with E-state index in [-0.39, 0.29) is 12.0 Å². The molecule has 1 amide bonds. The first kappa shape index (κ1) is 16.0. The summed E-state index contributed by atoms with van der Waals surface area (Å²) >= 11 is 1.71. The number of fused-ring (bicyclic) bond motifs is 2. The molecule has 2 aliphatic rings. The van der Waals surface area contributed by atoms with Crippen LogP contribution in [0.4, 0.5) is 5.00 Å². The summed E-state index contributed by atoms with van der Waals surface area (Å²) < 4.78 is 5.55. The minimum Gasteiger partial charge on any atom is -0.368 e. The molecule has 2 N–H and O–H groups in total. The van der Waals surface area contributed by atoms with Crippen molar-refractivity contribution in [3.63, 3.8) is 0 Å². The van der Waals surface area contributed by atoms with Crippen molar-refractivity contribution in [2.45, 2.75) is 44.6 Å². The lowest BCUT2D eigenvalue weighted by atomic mass is 9.95. The lowest BCUT2D eigenvalue weighted by molar-refractivity contribution is -0.124. The van der Waals surface area contributed by atoms with Crippen molar-refractivity contribution in [1.82, 2.24) is 9.97 Å². The number of amides is 1. The predicted octanol–water partition coefficient (Wildman–Crippen LogP) is 4.29.